The summed E-state index contributed by atoms with van der Waals surface area (Å²) in [7, 11) is 13.3. The fraction of sp³-hybridized carbons (Fsp3) is 0.588. The summed E-state index contributed by atoms with van der Waals surface area (Å²) in [5.41, 5.74) is 3.48. The summed E-state index contributed by atoms with van der Waals surface area (Å²) in [5.74, 6) is 0.813. The fourth-order valence-corrected chi connectivity index (χ4v) is 9.51. The molecule has 120 valence electrons. The van der Waals surface area contributed by atoms with Crippen LogP contribution in [-0.2, 0) is 13.3 Å². The van der Waals surface area contributed by atoms with Crippen LogP contribution < -0.4 is 0 Å². The molecule has 1 aromatic rings. The molecule has 0 fully saturated rings. The molecule has 1 aromatic carbocycles. The number of rotatable bonds is 3. The molecule has 0 bridgehead atoms. The van der Waals surface area contributed by atoms with Crippen molar-refractivity contribution in [2.75, 3.05) is 0 Å². The summed E-state index contributed by atoms with van der Waals surface area (Å²) in [6, 6.07) is 6.38. The summed E-state index contributed by atoms with van der Waals surface area (Å²) in [4.78, 5) is 0. The molecule has 0 aliphatic rings. The first-order valence-electron chi connectivity index (χ1n) is 7.37. The molecule has 1 rings (SSSR count). The van der Waals surface area contributed by atoms with Gasteiger partial charge in [-0.2, -0.15) is 0 Å². The van der Waals surface area contributed by atoms with Gasteiger partial charge in [-0.25, -0.2) is 0 Å². The van der Waals surface area contributed by atoms with Crippen LogP contribution in [0, 0.1) is 5.41 Å². The van der Waals surface area contributed by atoms with Gasteiger partial charge in [0.15, 0.2) is 0 Å². The molecule has 0 saturated heterocycles. The van der Waals surface area contributed by atoms with Gasteiger partial charge in [-0.3, -0.25) is 0 Å². The van der Waals surface area contributed by atoms with Crippen LogP contribution in [0.3, 0.4) is 0 Å². The number of hydrogen-bond donors (Lipinski definition) is 0. The first-order valence-corrected chi connectivity index (χ1v) is 14.6. The van der Waals surface area contributed by atoms with Crippen molar-refractivity contribution in [2.24, 2.45) is 8.91 Å². The summed E-state index contributed by atoms with van der Waals surface area (Å²) in [6.07, 6.45) is 0. The molecule has 0 saturated carbocycles. The number of benzene rings is 1. The maximum absolute atomic E-state index is 6.64. The van der Waals surface area contributed by atoms with Crippen molar-refractivity contribution in [1.82, 2.24) is 0 Å². The van der Waals surface area contributed by atoms with E-state index in [1.807, 2.05) is 0 Å². The third kappa shape index (κ3) is 6.05. The molecule has 21 heavy (non-hydrogen) atoms. The van der Waals surface area contributed by atoms with Crippen LogP contribution in [0.1, 0.15) is 71.4 Å². The summed E-state index contributed by atoms with van der Waals surface area (Å²) < 4.78 is 6.95. The van der Waals surface area contributed by atoms with Gasteiger partial charge in [-0.15, -0.1) is 0 Å². The Balaban J connectivity index is 3.66. The van der Waals surface area contributed by atoms with E-state index in [9.17, 15) is 0 Å². The van der Waals surface area contributed by atoms with E-state index in [0.717, 1.165) is 5.69 Å². The van der Waals surface area contributed by atoms with Crippen molar-refractivity contribution >= 4 is 28.9 Å². The Kier molecular flexibility index (Phi) is 6.54. The van der Waals surface area contributed by atoms with Crippen LogP contribution in [-0.4, -0.2) is 4.40 Å². The second-order valence-electron chi connectivity index (χ2n) is 7.15. The third-order valence-electron chi connectivity index (χ3n) is 3.05. The summed E-state index contributed by atoms with van der Waals surface area (Å²) in [5, 5.41) is 0. The molecule has 0 N–H and O–H groups in total. The molecule has 0 aliphatic heterocycles. The molecular weight excluding hydrogens is 385 g/mol. The van der Waals surface area contributed by atoms with Crippen LogP contribution in [0.15, 0.2) is 21.7 Å². The third-order valence-corrected chi connectivity index (χ3v) is 8.40. The van der Waals surface area contributed by atoms with Crippen molar-refractivity contribution in [3.8, 4) is 0 Å². The van der Waals surface area contributed by atoms with Gasteiger partial charge >= 0.3 is 141 Å². The Morgan fingerprint density at radius 2 is 1.43 bits per heavy atom. The molecule has 0 aromatic heterocycles. The number of hydrogen-bond acceptors (Lipinski definition) is 1. The van der Waals surface area contributed by atoms with E-state index in [0.29, 0.717) is 11.8 Å². The molecule has 0 aliphatic carbocycles. The van der Waals surface area contributed by atoms with E-state index in [-0.39, 0.29) is 5.41 Å². The Morgan fingerprint density at radius 3 is 1.76 bits per heavy atom. The quantitative estimate of drug-likeness (QED) is 0.472. The van der Waals surface area contributed by atoms with Gasteiger partial charge < -0.3 is 0 Å². The minimum atomic E-state index is -3.37. The van der Waals surface area contributed by atoms with Crippen LogP contribution in [0.5, 0.6) is 0 Å². The average Bonchev–Trinajstić information content (AvgIpc) is 2.24. The van der Waals surface area contributed by atoms with Crippen molar-refractivity contribution in [3.63, 3.8) is 0 Å². The first kappa shape index (κ1) is 19.2. The standard InChI is InChI=1S/C12H17N.C5H10.2ClH.Mo/c1-8(2)10-6-5-7-11(9(3)4)12(10)13;1-5(2,3)4;;;/h5-9H,1-4H3;1H,2-4H3;2*1H;/q;;;;+2/p-2. The Hall–Kier alpha value is 0.158. The first-order chi connectivity index (χ1) is 9.43. The van der Waals surface area contributed by atoms with Crippen LogP contribution in [0.25, 0.3) is 0 Å². The van der Waals surface area contributed by atoms with E-state index in [2.05, 4.69) is 71.1 Å². The van der Waals surface area contributed by atoms with E-state index in [4.69, 9.17) is 22.3 Å². The minimum absolute atomic E-state index is 0.0150. The second-order valence-corrected chi connectivity index (χ2v) is 17.0. The van der Waals surface area contributed by atoms with E-state index in [1.54, 1.807) is 0 Å². The maximum atomic E-state index is 6.64. The van der Waals surface area contributed by atoms with Crippen molar-refractivity contribution in [3.05, 3.63) is 29.3 Å². The second kappa shape index (κ2) is 7.15. The van der Waals surface area contributed by atoms with E-state index >= 15 is 0 Å². The zero-order chi connectivity index (χ0) is 16.4. The summed E-state index contributed by atoms with van der Waals surface area (Å²) in [6.45, 7) is 15.1. The fourth-order valence-electron chi connectivity index (χ4n) is 2.19. The monoisotopic (exact) mass is 413 g/mol. The zero-order valence-corrected chi connectivity index (χ0v) is 17.6. The molecule has 0 unspecified atom stereocenters. The van der Waals surface area contributed by atoms with Crippen LogP contribution in [0.2, 0.25) is 0 Å². The molecule has 0 radical (unpaired) electrons. The van der Waals surface area contributed by atoms with E-state index in [1.165, 1.54) is 11.1 Å². The van der Waals surface area contributed by atoms with Crippen molar-refractivity contribution in [2.45, 2.75) is 60.3 Å². The van der Waals surface area contributed by atoms with Gasteiger partial charge in [0.2, 0.25) is 0 Å². The summed E-state index contributed by atoms with van der Waals surface area (Å²) >= 11 is -3.37. The van der Waals surface area contributed by atoms with Crippen LogP contribution >= 0.6 is 18.8 Å². The Bertz CT molecular complexity index is 582. The topological polar surface area (TPSA) is 12.4 Å². The molecule has 0 heterocycles. The van der Waals surface area contributed by atoms with Crippen LogP contribution in [0.4, 0.5) is 5.69 Å². The van der Waals surface area contributed by atoms with E-state index < -0.39 is 13.3 Å². The predicted molar refractivity (Wildman–Crippen MR) is 93.9 cm³/mol. The molecule has 0 spiro atoms. The number of nitrogens with zero attached hydrogens (tertiary/aromatic N) is 1. The normalized spacial score (nSPS) is 12.9. The predicted octanol–water partition coefficient (Wildman–Crippen LogP) is 7.06. The van der Waals surface area contributed by atoms with Gasteiger partial charge in [0.05, 0.1) is 0 Å². The van der Waals surface area contributed by atoms with Crippen molar-refractivity contribution < 1.29 is 13.3 Å². The van der Waals surface area contributed by atoms with Gasteiger partial charge in [-0.05, 0) is 0 Å². The van der Waals surface area contributed by atoms with Gasteiger partial charge in [0.25, 0.3) is 0 Å². The molecule has 0 atom stereocenters. The van der Waals surface area contributed by atoms with Crippen molar-refractivity contribution in [1.29, 1.82) is 0 Å². The Labute approximate surface area is 140 Å². The Morgan fingerprint density at radius 1 is 1.00 bits per heavy atom. The average molecular weight is 412 g/mol. The zero-order valence-electron chi connectivity index (χ0n) is 14.1. The SMILES string of the molecule is CC(C)c1cccc(C(C)C)c1[N]=[Mo]([Cl])([Cl])=[CH]C(C)(C)C. The number of halogens is 2. The van der Waals surface area contributed by atoms with Gasteiger partial charge in [-0.1, -0.05) is 0 Å². The molecule has 0 amide bonds. The van der Waals surface area contributed by atoms with Gasteiger partial charge in [0, 0.05) is 0 Å². The molecule has 1 nitrogen and oxygen atoms in total. The van der Waals surface area contributed by atoms with Gasteiger partial charge in [0.1, 0.15) is 0 Å². The molecule has 4 heteroatoms. The molecular formula is C17H27Cl2MoN.